The minimum atomic E-state index is 0.557. The van der Waals surface area contributed by atoms with Crippen molar-refractivity contribution in [3.63, 3.8) is 0 Å². The van der Waals surface area contributed by atoms with E-state index in [-0.39, 0.29) is 0 Å². The van der Waals surface area contributed by atoms with E-state index in [4.69, 9.17) is 10.5 Å². The zero-order valence-corrected chi connectivity index (χ0v) is 13.9. The summed E-state index contributed by atoms with van der Waals surface area (Å²) < 4.78 is 6.90. The number of halogens is 1. The summed E-state index contributed by atoms with van der Waals surface area (Å²) in [6.45, 7) is 2.58. The number of rotatable bonds is 4. The highest BCUT2D eigenvalue weighted by Crippen LogP contribution is 2.32. The number of thiazole rings is 1. The minimum absolute atomic E-state index is 0.557. The van der Waals surface area contributed by atoms with Crippen LogP contribution < -0.4 is 10.5 Å². The van der Waals surface area contributed by atoms with Crippen molar-refractivity contribution in [1.29, 1.82) is 0 Å². The molecule has 2 N–H and O–H groups in total. The Kier molecular flexibility index (Phi) is 4.07. The number of nitrogens with two attached hydrogens (primary N) is 1. The van der Waals surface area contributed by atoms with E-state index in [1.807, 2.05) is 30.6 Å². The molecule has 0 saturated heterocycles. The van der Waals surface area contributed by atoms with E-state index >= 15 is 0 Å². The van der Waals surface area contributed by atoms with Gasteiger partial charge in [0.2, 0.25) is 0 Å². The van der Waals surface area contributed by atoms with Crippen molar-refractivity contribution < 1.29 is 4.74 Å². The smallest absolute Gasteiger partial charge is 0.153 e. The molecule has 0 amide bonds. The van der Waals surface area contributed by atoms with E-state index in [1.165, 1.54) is 4.88 Å². The Labute approximate surface area is 135 Å². The van der Waals surface area contributed by atoms with E-state index in [0.717, 1.165) is 27.5 Å². The molecule has 3 rings (SSSR count). The van der Waals surface area contributed by atoms with Gasteiger partial charge in [-0.3, -0.25) is 4.98 Å². The van der Waals surface area contributed by atoms with Gasteiger partial charge in [-0.2, -0.15) is 0 Å². The minimum Gasteiger partial charge on any atom is -0.490 e. The summed E-state index contributed by atoms with van der Waals surface area (Å²) in [6, 6.07) is 5.88. The summed E-state index contributed by atoms with van der Waals surface area (Å²) in [5.74, 6) is 0.698. The van der Waals surface area contributed by atoms with Gasteiger partial charge in [-0.25, -0.2) is 4.98 Å². The van der Waals surface area contributed by atoms with E-state index < -0.39 is 0 Å². The quantitative estimate of drug-likeness (QED) is 0.761. The first-order valence-corrected chi connectivity index (χ1v) is 8.18. The number of hydrogen-bond donors (Lipinski definition) is 1. The van der Waals surface area contributed by atoms with Crippen LogP contribution in [0.25, 0.3) is 10.9 Å². The van der Waals surface area contributed by atoms with Crippen molar-refractivity contribution in [2.45, 2.75) is 13.3 Å². The average Bonchev–Trinajstić information content (AvgIpc) is 2.87. The monoisotopic (exact) mass is 363 g/mol. The second-order valence-corrected chi connectivity index (χ2v) is 6.52. The summed E-state index contributed by atoms with van der Waals surface area (Å²) in [5, 5.41) is 0.922. The first-order valence-electron chi connectivity index (χ1n) is 6.50. The topological polar surface area (TPSA) is 61.0 Å². The molecule has 0 radical (unpaired) electrons. The normalized spacial score (nSPS) is 11.0. The van der Waals surface area contributed by atoms with Crippen LogP contribution in [0.15, 0.2) is 34.4 Å². The summed E-state index contributed by atoms with van der Waals surface area (Å²) in [4.78, 5) is 9.81. The Balaban J connectivity index is 1.84. The molecular weight excluding hydrogens is 350 g/mol. The second-order valence-electron chi connectivity index (χ2n) is 4.66. The number of ether oxygens (including phenoxy) is 1. The van der Waals surface area contributed by atoms with Crippen molar-refractivity contribution in [1.82, 2.24) is 9.97 Å². The fourth-order valence-electron chi connectivity index (χ4n) is 2.13. The molecule has 0 bridgehead atoms. The number of aromatic nitrogens is 2. The van der Waals surface area contributed by atoms with Gasteiger partial charge in [0.25, 0.3) is 0 Å². The van der Waals surface area contributed by atoms with E-state index in [0.29, 0.717) is 18.0 Å². The second kappa shape index (κ2) is 5.99. The fourth-order valence-corrected chi connectivity index (χ4v) is 3.25. The maximum Gasteiger partial charge on any atom is 0.153 e. The molecule has 0 spiro atoms. The van der Waals surface area contributed by atoms with Gasteiger partial charge < -0.3 is 10.5 Å². The highest BCUT2D eigenvalue weighted by Gasteiger charge is 2.09. The Morgan fingerprint density at radius 2 is 2.19 bits per heavy atom. The molecule has 0 saturated carbocycles. The van der Waals surface area contributed by atoms with Crippen LogP contribution in [0.3, 0.4) is 0 Å². The summed E-state index contributed by atoms with van der Waals surface area (Å²) in [6.07, 6.45) is 2.47. The number of hydrogen-bond acceptors (Lipinski definition) is 5. The lowest BCUT2D eigenvalue weighted by Gasteiger charge is -2.11. The van der Waals surface area contributed by atoms with Crippen LogP contribution in [0, 0.1) is 6.92 Å². The Morgan fingerprint density at radius 3 is 2.95 bits per heavy atom. The van der Waals surface area contributed by atoms with Crippen molar-refractivity contribution >= 4 is 43.9 Å². The highest BCUT2D eigenvalue weighted by atomic mass is 79.9. The van der Waals surface area contributed by atoms with Crippen molar-refractivity contribution in [3.8, 4) is 5.75 Å². The van der Waals surface area contributed by atoms with E-state index in [9.17, 15) is 0 Å². The number of pyridine rings is 1. The molecule has 0 aliphatic heterocycles. The van der Waals surface area contributed by atoms with E-state index in [1.54, 1.807) is 17.5 Å². The van der Waals surface area contributed by atoms with Crippen LogP contribution in [0.5, 0.6) is 5.75 Å². The maximum absolute atomic E-state index is 6.01. The van der Waals surface area contributed by atoms with Crippen LogP contribution in [0.1, 0.15) is 10.6 Å². The molecule has 2 aromatic heterocycles. The standard InChI is InChI=1S/C15H14BrN3OS/c1-9-14(21-8-19-9)4-5-20-15-11-6-10(16)2-3-13(11)18-7-12(15)17/h2-3,6-8H,4-5,17H2,1H3. The van der Waals surface area contributed by atoms with Gasteiger partial charge in [0.1, 0.15) is 0 Å². The number of nitrogens with zero attached hydrogens (tertiary/aromatic N) is 2. The molecule has 0 aliphatic rings. The molecular formula is C15H14BrN3OS. The number of nitrogen functional groups attached to an aromatic ring is 1. The lowest BCUT2D eigenvalue weighted by atomic mass is 10.2. The van der Waals surface area contributed by atoms with Gasteiger partial charge in [0, 0.05) is 21.2 Å². The zero-order valence-electron chi connectivity index (χ0n) is 11.5. The zero-order chi connectivity index (χ0) is 14.8. The predicted molar refractivity (Wildman–Crippen MR) is 89.9 cm³/mol. The molecule has 108 valence electrons. The molecule has 2 heterocycles. The molecule has 0 fully saturated rings. The Bertz CT molecular complexity index is 782. The van der Waals surface area contributed by atoms with Gasteiger partial charge in [-0.1, -0.05) is 15.9 Å². The number of benzene rings is 1. The summed E-state index contributed by atoms with van der Waals surface area (Å²) in [7, 11) is 0. The van der Waals surface area contributed by atoms with Crippen LogP contribution in [-0.2, 0) is 6.42 Å². The molecule has 3 aromatic rings. The maximum atomic E-state index is 6.01. The molecule has 0 atom stereocenters. The van der Waals surface area contributed by atoms with Crippen LogP contribution in [0.4, 0.5) is 5.69 Å². The number of aryl methyl sites for hydroxylation is 1. The first-order chi connectivity index (χ1) is 10.1. The van der Waals surface area contributed by atoms with Crippen LogP contribution in [-0.4, -0.2) is 16.6 Å². The van der Waals surface area contributed by atoms with Crippen molar-refractivity contribution in [3.05, 3.63) is 45.0 Å². The largest absolute Gasteiger partial charge is 0.490 e. The highest BCUT2D eigenvalue weighted by molar-refractivity contribution is 9.10. The Hall–Kier alpha value is -1.66. The van der Waals surface area contributed by atoms with Gasteiger partial charge >= 0.3 is 0 Å². The molecule has 21 heavy (non-hydrogen) atoms. The first kappa shape index (κ1) is 14.3. The molecule has 0 unspecified atom stereocenters. The third kappa shape index (κ3) is 3.01. The molecule has 4 nitrogen and oxygen atoms in total. The molecule has 6 heteroatoms. The van der Waals surface area contributed by atoms with Crippen molar-refractivity contribution in [2.75, 3.05) is 12.3 Å². The lowest BCUT2D eigenvalue weighted by molar-refractivity contribution is 0.328. The number of anilines is 1. The predicted octanol–water partition coefficient (Wildman–Crippen LogP) is 3.97. The number of fused-ring (bicyclic) bond motifs is 1. The van der Waals surface area contributed by atoms with Gasteiger partial charge in [0.05, 0.1) is 35.2 Å². The van der Waals surface area contributed by atoms with Crippen LogP contribution >= 0.6 is 27.3 Å². The Morgan fingerprint density at radius 1 is 1.33 bits per heavy atom. The van der Waals surface area contributed by atoms with Gasteiger partial charge in [0.15, 0.2) is 5.75 Å². The van der Waals surface area contributed by atoms with E-state index in [2.05, 4.69) is 25.9 Å². The third-order valence-corrected chi connectivity index (χ3v) is 4.72. The molecule has 0 aliphatic carbocycles. The van der Waals surface area contributed by atoms with Crippen molar-refractivity contribution in [2.24, 2.45) is 0 Å². The summed E-state index contributed by atoms with van der Waals surface area (Å²) in [5.41, 5.74) is 10.4. The van der Waals surface area contributed by atoms with Gasteiger partial charge in [-0.05, 0) is 25.1 Å². The lowest BCUT2D eigenvalue weighted by Crippen LogP contribution is -2.04. The molecule has 1 aromatic carbocycles. The third-order valence-electron chi connectivity index (χ3n) is 3.23. The van der Waals surface area contributed by atoms with Gasteiger partial charge in [-0.15, -0.1) is 11.3 Å². The van der Waals surface area contributed by atoms with Crippen LogP contribution in [0.2, 0.25) is 0 Å². The summed E-state index contributed by atoms with van der Waals surface area (Å²) >= 11 is 5.12. The average molecular weight is 364 g/mol. The SMILES string of the molecule is Cc1ncsc1CCOc1c(N)cnc2ccc(Br)cc12. The fraction of sp³-hybridized carbons (Fsp3) is 0.200.